The van der Waals surface area contributed by atoms with Crippen LogP contribution in [-0.4, -0.2) is 16.7 Å². The lowest BCUT2D eigenvalue weighted by Gasteiger charge is -2.14. The van der Waals surface area contributed by atoms with Crippen LogP contribution < -0.4 is 4.22 Å². The van der Waals surface area contributed by atoms with Crippen molar-refractivity contribution in [2.45, 2.75) is 13.3 Å². The maximum atomic E-state index is 10.7. The summed E-state index contributed by atoms with van der Waals surface area (Å²) in [5, 5.41) is 0. The zero-order chi connectivity index (χ0) is 9.84. The molecule has 0 aliphatic carbocycles. The monoisotopic (exact) mass is 197 g/mol. The van der Waals surface area contributed by atoms with E-state index < -0.39 is 11.3 Å². The van der Waals surface area contributed by atoms with Gasteiger partial charge in [0.1, 0.15) is 0 Å². The van der Waals surface area contributed by atoms with Crippen LogP contribution in [0.15, 0.2) is 24.3 Å². The Morgan fingerprint density at radius 2 is 2.00 bits per heavy atom. The van der Waals surface area contributed by atoms with E-state index in [2.05, 4.69) is 6.92 Å². The molecule has 3 nitrogen and oxygen atoms in total. The van der Waals surface area contributed by atoms with Crippen molar-refractivity contribution in [2.75, 3.05) is 4.22 Å². The quantitative estimate of drug-likeness (QED) is 0.573. The van der Waals surface area contributed by atoms with Crippen LogP contribution in [0.25, 0.3) is 0 Å². The van der Waals surface area contributed by atoms with Gasteiger partial charge in [-0.25, -0.2) is 4.21 Å². The van der Waals surface area contributed by atoms with Gasteiger partial charge in [0, 0.05) is 5.69 Å². The first kappa shape index (κ1) is 10.3. The minimum absolute atomic E-state index is 0.748. The fourth-order valence-electron chi connectivity index (χ4n) is 1.03. The van der Waals surface area contributed by atoms with Gasteiger partial charge in [-0.1, -0.05) is 19.1 Å². The first-order chi connectivity index (χ1) is 6.15. The molecule has 1 aromatic rings. The van der Waals surface area contributed by atoms with Gasteiger partial charge in [-0.2, -0.15) is 0 Å². The molecule has 0 aliphatic heterocycles. The van der Waals surface area contributed by atoms with Crippen LogP contribution in [0, 0.1) is 0 Å². The van der Waals surface area contributed by atoms with Crippen LogP contribution in [0.5, 0.6) is 0 Å². The minimum atomic E-state index is -1.94. The summed E-state index contributed by atoms with van der Waals surface area (Å²) in [5.41, 5.74) is 1.97. The Morgan fingerprint density at radius 1 is 1.46 bits per heavy atom. The van der Waals surface area contributed by atoms with E-state index in [0.29, 0.717) is 0 Å². The molecule has 0 bridgehead atoms. The second kappa shape index (κ2) is 4.44. The summed E-state index contributed by atoms with van der Waals surface area (Å²) >= 11 is -1.94. The second-order valence-corrected chi connectivity index (χ2v) is 3.76. The van der Waals surface area contributed by atoms with Crippen molar-refractivity contribution in [3.05, 3.63) is 29.8 Å². The third kappa shape index (κ3) is 2.57. The van der Waals surface area contributed by atoms with Gasteiger partial charge < -0.3 is 4.22 Å². The van der Waals surface area contributed by atoms with Crippen molar-refractivity contribution in [1.29, 1.82) is 0 Å². The molecule has 0 radical (unpaired) electrons. The van der Waals surface area contributed by atoms with Crippen LogP contribution >= 0.6 is 0 Å². The zero-order valence-corrected chi connectivity index (χ0v) is 8.54. The van der Waals surface area contributed by atoms with Gasteiger partial charge in [-0.05, 0) is 24.1 Å². The number of anilines is 1. The molecule has 1 atom stereocenters. The van der Waals surface area contributed by atoms with Gasteiger partial charge in [0.25, 0.3) is 0 Å². The molecule has 0 spiro atoms. The Labute approximate surface area is 81.6 Å². The molecule has 0 aromatic heterocycles. The van der Waals surface area contributed by atoms with E-state index in [0.717, 1.165) is 12.1 Å². The predicted molar refractivity (Wildman–Crippen MR) is 57.6 cm³/mol. The first-order valence-corrected chi connectivity index (χ1v) is 5.15. The lowest BCUT2D eigenvalue weighted by Crippen LogP contribution is -2.20. The number of hydrogen-bond acceptors (Lipinski definition) is 1. The van der Waals surface area contributed by atoms with Crippen molar-refractivity contribution in [3.8, 4) is 0 Å². The summed E-state index contributed by atoms with van der Waals surface area (Å²) in [6.07, 6.45) is 0.978. The number of rotatable bonds is 3. The number of benzene rings is 1. The smallest absolute Gasteiger partial charge is 0.248 e. The average molecular weight is 197 g/mol. The van der Waals surface area contributed by atoms with Crippen molar-refractivity contribution in [3.63, 3.8) is 0 Å². The molecule has 5 heteroatoms. The molecule has 70 valence electrons. The highest BCUT2D eigenvalue weighted by atomic mass is 32.2. The fourth-order valence-corrected chi connectivity index (χ4v) is 1.33. The molecule has 1 unspecified atom stereocenters. The zero-order valence-electron chi connectivity index (χ0n) is 7.73. The van der Waals surface area contributed by atoms with Crippen molar-refractivity contribution >= 4 is 24.9 Å². The third-order valence-electron chi connectivity index (χ3n) is 1.94. The third-order valence-corrected chi connectivity index (χ3v) is 2.62. The molecular weight excluding hydrogens is 185 g/mol. The summed E-state index contributed by atoms with van der Waals surface area (Å²) in [4.78, 5) is 0. The summed E-state index contributed by atoms with van der Waals surface area (Å²) in [7, 11) is 1.58. The second-order valence-electron chi connectivity index (χ2n) is 2.75. The van der Waals surface area contributed by atoms with Crippen LogP contribution in [0.1, 0.15) is 12.5 Å². The highest BCUT2D eigenvalue weighted by molar-refractivity contribution is 7.82. The molecule has 0 heterocycles. The largest absolute Gasteiger partial charge is 0.323 e. The van der Waals surface area contributed by atoms with E-state index in [-0.39, 0.29) is 0 Å². The molecule has 0 amide bonds. The van der Waals surface area contributed by atoms with Gasteiger partial charge in [0.15, 0.2) is 0 Å². The maximum absolute atomic E-state index is 10.7. The average Bonchev–Trinajstić information content (AvgIpc) is 2.17. The normalized spacial score (nSPS) is 12.5. The SMILES string of the molecule is BN(c1ccc(CC)cc1)S(=O)O. The fraction of sp³-hybridized carbons (Fsp3) is 0.250. The molecule has 13 heavy (non-hydrogen) atoms. The summed E-state index contributed by atoms with van der Waals surface area (Å²) in [5.74, 6) is 0. The topological polar surface area (TPSA) is 40.5 Å². The molecule has 1 N–H and O–H groups in total. The minimum Gasteiger partial charge on any atom is -0.323 e. The molecule has 0 saturated heterocycles. The highest BCUT2D eigenvalue weighted by Crippen LogP contribution is 2.14. The van der Waals surface area contributed by atoms with Crippen LogP contribution in [0.4, 0.5) is 5.69 Å². The van der Waals surface area contributed by atoms with Gasteiger partial charge >= 0.3 is 0 Å². The van der Waals surface area contributed by atoms with E-state index >= 15 is 0 Å². The predicted octanol–water partition coefficient (Wildman–Crippen LogP) is 0.740. The molecule has 0 saturated carbocycles. The highest BCUT2D eigenvalue weighted by Gasteiger charge is 2.04. The van der Waals surface area contributed by atoms with Gasteiger partial charge in [-0.15, -0.1) is 0 Å². The Kier molecular flexibility index (Phi) is 3.51. The molecule has 0 fully saturated rings. The Hall–Kier alpha value is -0.805. The number of aryl methyl sites for hydroxylation is 1. The summed E-state index contributed by atoms with van der Waals surface area (Å²) in [6, 6.07) is 7.59. The van der Waals surface area contributed by atoms with Crippen molar-refractivity contribution in [1.82, 2.24) is 0 Å². The first-order valence-electron chi connectivity index (χ1n) is 4.08. The van der Waals surface area contributed by atoms with Crippen molar-refractivity contribution in [2.24, 2.45) is 0 Å². The Morgan fingerprint density at radius 3 is 2.38 bits per heavy atom. The number of hydrogen-bond donors (Lipinski definition) is 1. The lowest BCUT2D eigenvalue weighted by molar-refractivity contribution is 0.566. The molecule has 1 rings (SSSR count). The Balaban J connectivity index is 2.85. The van der Waals surface area contributed by atoms with Crippen LogP contribution in [0.3, 0.4) is 0 Å². The van der Waals surface area contributed by atoms with E-state index in [4.69, 9.17) is 4.55 Å². The standard InChI is InChI=1S/C8H12BNO2S/c1-2-7-3-5-8(6-4-7)10(9)13(11)12/h3-6H,2,9H2,1H3,(H,11,12). The summed E-state index contributed by atoms with van der Waals surface area (Å²) < 4.78 is 20.8. The van der Waals surface area contributed by atoms with E-state index in [1.807, 2.05) is 24.3 Å². The molecular formula is C8H12BNO2S. The van der Waals surface area contributed by atoms with Crippen LogP contribution in [0.2, 0.25) is 0 Å². The van der Waals surface area contributed by atoms with Crippen LogP contribution in [-0.2, 0) is 17.7 Å². The summed E-state index contributed by atoms with van der Waals surface area (Å²) in [6.45, 7) is 2.07. The van der Waals surface area contributed by atoms with Gasteiger partial charge in [0.05, 0.1) is 0 Å². The maximum Gasteiger partial charge on any atom is 0.248 e. The van der Waals surface area contributed by atoms with Gasteiger partial charge in [-0.3, -0.25) is 4.55 Å². The van der Waals surface area contributed by atoms with Gasteiger partial charge in [0.2, 0.25) is 19.2 Å². The van der Waals surface area contributed by atoms with E-state index in [1.54, 1.807) is 7.98 Å². The Bertz CT molecular complexity index is 302. The number of nitrogens with zero attached hydrogens (tertiary/aromatic N) is 1. The van der Waals surface area contributed by atoms with E-state index in [9.17, 15) is 4.21 Å². The molecule has 1 aromatic carbocycles. The van der Waals surface area contributed by atoms with E-state index in [1.165, 1.54) is 9.78 Å². The lowest BCUT2D eigenvalue weighted by atomic mass is 10.1. The van der Waals surface area contributed by atoms with Crippen molar-refractivity contribution < 1.29 is 8.76 Å². The molecule has 0 aliphatic rings.